The Hall–Kier alpha value is -4.45. The molecule has 0 saturated heterocycles. The van der Waals surface area contributed by atoms with Crippen molar-refractivity contribution < 1.29 is 48.1 Å². The van der Waals surface area contributed by atoms with Gasteiger partial charge in [0.05, 0.1) is 11.9 Å². The molecule has 1 heterocycles. The van der Waals surface area contributed by atoms with Gasteiger partial charge in [-0.3, -0.25) is 19.2 Å². The maximum Gasteiger partial charge on any atom is 0.412 e. The lowest BCUT2D eigenvalue weighted by Gasteiger charge is -2.14. The van der Waals surface area contributed by atoms with Crippen LogP contribution in [0.4, 0.5) is 4.79 Å². The molecule has 0 fully saturated rings. The number of amides is 1. The molecule has 0 bridgehead atoms. The number of nitrogens with one attached hydrogen (secondary N) is 2. The van der Waals surface area contributed by atoms with E-state index in [4.69, 9.17) is 24.1 Å². The van der Waals surface area contributed by atoms with Crippen molar-refractivity contribution in [2.45, 2.75) is 39.0 Å². The van der Waals surface area contributed by atoms with Crippen LogP contribution in [-0.2, 0) is 14.4 Å². The summed E-state index contributed by atoms with van der Waals surface area (Å²) in [5, 5.41) is 23.7. The third kappa shape index (κ3) is 7.53. The van der Waals surface area contributed by atoms with Gasteiger partial charge in [-0.05, 0) is 31.9 Å². The summed E-state index contributed by atoms with van der Waals surface area (Å²) in [5.74, 6) is -2.74. The summed E-state index contributed by atoms with van der Waals surface area (Å²) in [5.41, 5.74) is 0.0425. The van der Waals surface area contributed by atoms with Crippen molar-refractivity contribution in [3.05, 3.63) is 36.1 Å². The van der Waals surface area contributed by atoms with Gasteiger partial charge in [-0.15, -0.1) is 0 Å². The summed E-state index contributed by atoms with van der Waals surface area (Å²) in [6.45, 7) is 1.58. The smallest absolute Gasteiger partial charge is 0.412 e. The number of hydrogen-bond acceptors (Lipinski definition) is 9. The highest BCUT2D eigenvalue weighted by molar-refractivity contribution is 6.12. The second-order valence-electron chi connectivity index (χ2n) is 8.43. The number of rotatable bonds is 14. The van der Waals surface area contributed by atoms with E-state index in [2.05, 4.69) is 10.6 Å². The summed E-state index contributed by atoms with van der Waals surface area (Å²) in [4.78, 5) is 58.4. The van der Waals surface area contributed by atoms with E-state index in [-0.39, 0.29) is 59.9 Å². The topological polar surface area (TPSA) is 181 Å². The summed E-state index contributed by atoms with van der Waals surface area (Å²) >= 11 is 0. The molecule has 2 aromatic carbocycles. The lowest BCUT2D eigenvalue weighted by atomic mass is 10.0. The summed E-state index contributed by atoms with van der Waals surface area (Å²) in [6.07, 6.45) is 0.354. The minimum Gasteiger partial charge on any atom is -0.481 e. The molecule has 1 aromatic heterocycles. The van der Waals surface area contributed by atoms with Gasteiger partial charge in [-0.25, -0.2) is 4.79 Å². The van der Waals surface area contributed by atoms with Crippen LogP contribution < -0.4 is 20.1 Å². The molecule has 0 aliphatic carbocycles. The number of aliphatic carboxylic acids is 2. The molecule has 0 saturated carbocycles. The van der Waals surface area contributed by atoms with E-state index in [9.17, 15) is 24.0 Å². The molecular weight excluding hydrogens is 500 g/mol. The molecule has 4 N–H and O–H groups in total. The fraction of sp³-hybridized carbons (Fsp3) is 0.346. The van der Waals surface area contributed by atoms with Gasteiger partial charge < -0.3 is 34.7 Å². The Kier molecular flexibility index (Phi) is 9.77. The first-order chi connectivity index (χ1) is 18.2. The van der Waals surface area contributed by atoms with E-state index < -0.39 is 24.0 Å². The number of furan rings is 1. The van der Waals surface area contributed by atoms with Gasteiger partial charge in [0.2, 0.25) is 0 Å². The molecule has 3 aromatic rings. The Bertz CT molecular complexity index is 1270. The highest BCUT2D eigenvalue weighted by Crippen LogP contribution is 2.44. The molecule has 12 nitrogen and oxygen atoms in total. The molecule has 0 aliphatic heterocycles. The maximum atomic E-state index is 12.6. The fourth-order valence-corrected chi connectivity index (χ4v) is 3.70. The number of ether oxygens (including phenoxy) is 2. The van der Waals surface area contributed by atoms with Crippen molar-refractivity contribution in [1.29, 1.82) is 0 Å². The Morgan fingerprint density at radius 3 is 2.21 bits per heavy atom. The predicted octanol–water partition coefficient (Wildman–Crippen LogP) is 3.49. The number of hydrogen-bond donors (Lipinski definition) is 4. The van der Waals surface area contributed by atoms with Crippen LogP contribution in [0, 0.1) is 0 Å². The number of esters is 1. The molecule has 38 heavy (non-hydrogen) atoms. The van der Waals surface area contributed by atoms with Crippen LogP contribution in [0.25, 0.3) is 21.7 Å². The van der Waals surface area contributed by atoms with Crippen LogP contribution in [0.15, 0.2) is 34.7 Å². The Morgan fingerprint density at radius 1 is 0.842 bits per heavy atom. The molecular formula is C26H28N2O10. The molecule has 0 spiro atoms. The second-order valence-corrected chi connectivity index (χ2v) is 8.43. The van der Waals surface area contributed by atoms with Crippen LogP contribution in [0.1, 0.15) is 49.6 Å². The third-order valence-corrected chi connectivity index (χ3v) is 5.45. The zero-order chi connectivity index (χ0) is 27.7. The van der Waals surface area contributed by atoms with Crippen LogP contribution in [-0.4, -0.2) is 59.6 Å². The second kappa shape index (κ2) is 13.2. The average molecular weight is 529 g/mol. The molecule has 0 aliphatic rings. The molecule has 1 amide bonds. The van der Waals surface area contributed by atoms with E-state index in [1.165, 1.54) is 13.0 Å². The molecule has 0 radical (unpaired) electrons. The van der Waals surface area contributed by atoms with Gasteiger partial charge in [0.25, 0.3) is 0 Å². The molecule has 3 rings (SSSR count). The highest BCUT2D eigenvalue weighted by atomic mass is 16.6. The summed E-state index contributed by atoms with van der Waals surface area (Å²) < 4.78 is 17.0. The fourth-order valence-electron chi connectivity index (χ4n) is 3.70. The molecule has 0 atom stereocenters. The van der Waals surface area contributed by atoms with E-state index in [1.807, 2.05) is 0 Å². The first-order valence-electron chi connectivity index (χ1n) is 12.0. The monoisotopic (exact) mass is 528 g/mol. The summed E-state index contributed by atoms with van der Waals surface area (Å²) in [7, 11) is 0. The van der Waals surface area contributed by atoms with Gasteiger partial charge in [0.15, 0.2) is 22.9 Å². The Balaban J connectivity index is 1.87. The standard InChI is InChI=1S/C26H28N2O10/c1-15(29)19-13-18-23(37-22(34)10-6-11-27-14-21(32)33)16-7-2-3-8-17(16)24(25(18)36-19)38-26(35)28-12-5-4-9-20(30)31/h2-3,7-8,13,27H,4-6,9-12,14H2,1H3,(H,28,35)(H,30,31)(H,32,33). The normalized spacial score (nSPS) is 10.9. The molecule has 202 valence electrons. The number of benzene rings is 2. The predicted molar refractivity (Wildman–Crippen MR) is 135 cm³/mol. The number of carbonyl (C=O) groups is 5. The minimum absolute atomic E-state index is 0.00237. The van der Waals surface area contributed by atoms with E-state index in [0.29, 0.717) is 36.6 Å². The van der Waals surface area contributed by atoms with Crippen LogP contribution >= 0.6 is 0 Å². The molecule has 0 unspecified atom stereocenters. The SMILES string of the molecule is CC(=O)c1cc2c(OC(=O)CCCNCC(=O)O)c3ccccc3c(OC(=O)NCCCCC(=O)O)c2o1. The van der Waals surface area contributed by atoms with E-state index in [0.717, 1.165) is 0 Å². The quantitative estimate of drug-likeness (QED) is 0.104. The van der Waals surface area contributed by atoms with Crippen LogP contribution in [0.2, 0.25) is 0 Å². The largest absolute Gasteiger partial charge is 0.481 e. The number of ketones is 1. The first kappa shape index (κ1) is 28.1. The maximum absolute atomic E-state index is 12.6. The number of fused-ring (bicyclic) bond motifs is 2. The average Bonchev–Trinajstić information content (AvgIpc) is 3.31. The van der Waals surface area contributed by atoms with Gasteiger partial charge >= 0.3 is 24.0 Å². The van der Waals surface area contributed by atoms with Crippen molar-refractivity contribution in [2.75, 3.05) is 19.6 Å². The lowest BCUT2D eigenvalue weighted by molar-refractivity contribution is -0.137. The zero-order valence-corrected chi connectivity index (χ0v) is 20.7. The van der Waals surface area contributed by atoms with Gasteiger partial charge in [0, 0.05) is 37.1 Å². The number of unbranched alkanes of at least 4 members (excludes halogenated alkanes) is 1. The van der Waals surface area contributed by atoms with Crippen LogP contribution in [0.3, 0.4) is 0 Å². The first-order valence-corrected chi connectivity index (χ1v) is 12.0. The number of carbonyl (C=O) groups excluding carboxylic acids is 3. The van der Waals surface area contributed by atoms with Crippen molar-refractivity contribution >= 4 is 51.5 Å². The zero-order valence-electron chi connectivity index (χ0n) is 20.7. The number of carboxylic acid groups (broad SMARTS) is 2. The Labute approximate surface area is 216 Å². The summed E-state index contributed by atoms with van der Waals surface area (Å²) in [6, 6.07) is 8.13. The van der Waals surface area contributed by atoms with Crippen molar-refractivity contribution in [1.82, 2.24) is 10.6 Å². The van der Waals surface area contributed by atoms with Crippen molar-refractivity contribution in [2.24, 2.45) is 0 Å². The van der Waals surface area contributed by atoms with Crippen LogP contribution in [0.5, 0.6) is 11.5 Å². The minimum atomic E-state index is -1.00. The van der Waals surface area contributed by atoms with E-state index in [1.54, 1.807) is 24.3 Å². The molecule has 12 heteroatoms. The van der Waals surface area contributed by atoms with Gasteiger partial charge in [-0.1, -0.05) is 24.3 Å². The van der Waals surface area contributed by atoms with Crippen molar-refractivity contribution in [3.8, 4) is 11.5 Å². The number of carboxylic acids is 2. The van der Waals surface area contributed by atoms with Gasteiger partial charge in [0.1, 0.15) is 5.75 Å². The Morgan fingerprint density at radius 2 is 1.55 bits per heavy atom. The van der Waals surface area contributed by atoms with E-state index >= 15 is 0 Å². The van der Waals surface area contributed by atoms with Gasteiger partial charge in [-0.2, -0.15) is 0 Å². The lowest BCUT2D eigenvalue weighted by Crippen LogP contribution is -2.28. The highest BCUT2D eigenvalue weighted by Gasteiger charge is 2.24. The van der Waals surface area contributed by atoms with Crippen molar-refractivity contribution in [3.63, 3.8) is 0 Å². The number of Topliss-reactive ketones (excluding diaryl/α,β-unsaturated/α-hetero) is 1. The third-order valence-electron chi connectivity index (χ3n) is 5.45.